The zero-order chi connectivity index (χ0) is 13.1. The minimum absolute atomic E-state index is 0.307. The first-order valence-electron chi connectivity index (χ1n) is 5.45. The molecule has 2 rings (SSSR count). The number of ether oxygens (including phenoxy) is 1. The number of rotatable bonds is 4. The molecule has 0 spiro atoms. The average molecular weight is 266 g/mol. The van der Waals surface area contributed by atoms with Gasteiger partial charge in [-0.25, -0.2) is 9.78 Å². The summed E-state index contributed by atoms with van der Waals surface area (Å²) in [6.45, 7) is 4.10. The van der Waals surface area contributed by atoms with Crippen LogP contribution in [0.4, 0.5) is 10.8 Å². The van der Waals surface area contributed by atoms with E-state index in [-0.39, 0.29) is 0 Å². The summed E-state index contributed by atoms with van der Waals surface area (Å²) in [7, 11) is 1.33. The van der Waals surface area contributed by atoms with Crippen LogP contribution in [0.3, 0.4) is 0 Å². The van der Waals surface area contributed by atoms with Crippen molar-refractivity contribution in [2.45, 2.75) is 19.9 Å². The predicted molar refractivity (Wildman–Crippen MR) is 69.3 cm³/mol. The van der Waals surface area contributed by atoms with Gasteiger partial charge in [-0.05, 0) is 13.8 Å². The fourth-order valence-corrected chi connectivity index (χ4v) is 2.04. The maximum absolute atomic E-state index is 11.3. The standard InChI is InChI=1S/C11H14N4O2S/c1-7(2)15-5-8(4-12-15)13-11-14-9(6-18-11)10(16)17-3/h4-7H,1-3H3,(H,13,14). The molecule has 0 amide bonds. The van der Waals surface area contributed by atoms with E-state index >= 15 is 0 Å². The Labute approximate surface area is 109 Å². The maximum Gasteiger partial charge on any atom is 0.357 e. The highest BCUT2D eigenvalue weighted by Crippen LogP contribution is 2.21. The van der Waals surface area contributed by atoms with Crippen LogP contribution in [0, 0.1) is 0 Å². The smallest absolute Gasteiger partial charge is 0.357 e. The van der Waals surface area contributed by atoms with E-state index in [0.29, 0.717) is 16.9 Å². The number of carbonyl (C=O) groups excluding carboxylic acids is 1. The van der Waals surface area contributed by atoms with Crippen molar-refractivity contribution in [3.05, 3.63) is 23.5 Å². The Balaban J connectivity index is 2.08. The summed E-state index contributed by atoms with van der Waals surface area (Å²) in [5, 5.41) is 9.60. The van der Waals surface area contributed by atoms with Crippen LogP contribution in [0.15, 0.2) is 17.8 Å². The molecule has 7 heteroatoms. The van der Waals surface area contributed by atoms with Gasteiger partial charge in [0, 0.05) is 17.6 Å². The van der Waals surface area contributed by atoms with Gasteiger partial charge in [0.2, 0.25) is 0 Å². The molecule has 0 saturated carbocycles. The van der Waals surface area contributed by atoms with Crippen molar-refractivity contribution in [3.63, 3.8) is 0 Å². The molecule has 1 N–H and O–H groups in total. The normalized spacial score (nSPS) is 10.7. The monoisotopic (exact) mass is 266 g/mol. The third-order valence-corrected chi connectivity index (χ3v) is 3.04. The van der Waals surface area contributed by atoms with Gasteiger partial charge >= 0.3 is 5.97 Å². The number of esters is 1. The number of carbonyl (C=O) groups is 1. The third kappa shape index (κ3) is 2.67. The quantitative estimate of drug-likeness (QED) is 0.861. The molecule has 0 unspecified atom stereocenters. The predicted octanol–water partition coefficient (Wildman–Crippen LogP) is 2.45. The van der Waals surface area contributed by atoms with E-state index < -0.39 is 5.97 Å². The second-order valence-corrected chi connectivity index (χ2v) is 4.82. The lowest BCUT2D eigenvalue weighted by Crippen LogP contribution is -2.01. The summed E-state index contributed by atoms with van der Waals surface area (Å²) in [5.41, 5.74) is 1.15. The van der Waals surface area contributed by atoms with Crippen LogP contribution in [0.1, 0.15) is 30.4 Å². The Morgan fingerprint density at radius 2 is 2.33 bits per heavy atom. The van der Waals surface area contributed by atoms with Gasteiger partial charge in [0.1, 0.15) is 0 Å². The van der Waals surface area contributed by atoms with Crippen molar-refractivity contribution in [1.29, 1.82) is 0 Å². The first kappa shape index (κ1) is 12.6. The zero-order valence-electron chi connectivity index (χ0n) is 10.4. The molecule has 2 aromatic rings. The lowest BCUT2D eigenvalue weighted by molar-refractivity contribution is 0.0595. The summed E-state index contributed by atoms with van der Waals surface area (Å²) in [6.07, 6.45) is 3.61. The molecule has 2 aromatic heterocycles. The van der Waals surface area contributed by atoms with Crippen LogP contribution >= 0.6 is 11.3 Å². The second-order valence-electron chi connectivity index (χ2n) is 3.96. The third-order valence-electron chi connectivity index (χ3n) is 2.28. The van der Waals surface area contributed by atoms with Crippen molar-refractivity contribution in [1.82, 2.24) is 14.8 Å². The molecule has 96 valence electrons. The minimum Gasteiger partial charge on any atom is -0.464 e. The van der Waals surface area contributed by atoms with Gasteiger partial charge in [-0.1, -0.05) is 0 Å². The van der Waals surface area contributed by atoms with E-state index in [4.69, 9.17) is 0 Å². The van der Waals surface area contributed by atoms with Gasteiger partial charge in [0.05, 0.1) is 19.0 Å². The Kier molecular flexibility index (Phi) is 3.61. The fraction of sp³-hybridized carbons (Fsp3) is 0.364. The van der Waals surface area contributed by atoms with Gasteiger partial charge in [0.25, 0.3) is 0 Å². The number of aromatic nitrogens is 3. The van der Waals surface area contributed by atoms with Crippen LogP contribution in [0.25, 0.3) is 0 Å². The highest BCUT2D eigenvalue weighted by atomic mass is 32.1. The first-order valence-corrected chi connectivity index (χ1v) is 6.33. The summed E-state index contributed by atoms with van der Waals surface area (Å²) in [5.74, 6) is -0.433. The minimum atomic E-state index is -0.433. The maximum atomic E-state index is 11.3. The van der Waals surface area contributed by atoms with Crippen molar-refractivity contribution < 1.29 is 9.53 Å². The van der Waals surface area contributed by atoms with Crippen molar-refractivity contribution in [2.24, 2.45) is 0 Å². The highest BCUT2D eigenvalue weighted by molar-refractivity contribution is 7.14. The van der Waals surface area contributed by atoms with E-state index in [1.54, 1.807) is 11.6 Å². The SMILES string of the molecule is COC(=O)c1csc(Nc2cnn(C(C)C)c2)n1. The van der Waals surface area contributed by atoms with E-state index in [1.807, 2.05) is 10.9 Å². The Morgan fingerprint density at radius 1 is 1.56 bits per heavy atom. The molecule has 0 radical (unpaired) electrons. The summed E-state index contributed by atoms with van der Waals surface area (Å²) in [4.78, 5) is 15.4. The molecule has 2 heterocycles. The fourth-order valence-electron chi connectivity index (χ4n) is 1.34. The van der Waals surface area contributed by atoms with Crippen LogP contribution < -0.4 is 5.32 Å². The molecule has 0 bridgehead atoms. The lowest BCUT2D eigenvalue weighted by Gasteiger charge is -2.03. The number of thiazole rings is 1. The van der Waals surface area contributed by atoms with Crippen molar-refractivity contribution in [3.8, 4) is 0 Å². The Morgan fingerprint density at radius 3 is 2.94 bits per heavy atom. The van der Waals surface area contributed by atoms with Crippen LogP contribution in [-0.4, -0.2) is 27.8 Å². The summed E-state index contributed by atoms with van der Waals surface area (Å²) >= 11 is 1.35. The summed E-state index contributed by atoms with van der Waals surface area (Å²) < 4.78 is 6.44. The van der Waals surface area contributed by atoms with Crippen molar-refractivity contribution in [2.75, 3.05) is 12.4 Å². The molecule has 0 aliphatic carbocycles. The lowest BCUT2D eigenvalue weighted by atomic mass is 10.4. The Hall–Kier alpha value is -1.89. The van der Waals surface area contributed by atoms with Gasteiger partial charge in [-0.3, -0.25) is 4.68 Å². The van der Waals surface area contributed by atoms with Gasteiger partial charge in [0.15, 0.2) is 10.8 Å². The topological polar surface area (TPSA) is 69.0 Å². The van der Waals surface area contributed by atoms with Crippen molar-refractivity contribution >= 4 is 28.1 Å². The van der Waals surface area contributed by atoms with Gasteiger partial charge < -0.3 is 10.1 Å². The van der Waals surface area contributed by atoms with Crippen LogP contribution in [0.2, 0.25) is 0 Å². The van der Waals surface area contributed by atoms with Crippen LogP contribution in [0.5, 0.6) is 0 Å². The number of nitrogens with zero attached hydrogens (tertiary/aromatic N) is 3. The zero-order valence-corrected chi connectivity index (χ0v) is 11.2. The first-order chi connectivity index (χ1) is 8.60. The molecule has 0 atom stereocenters. The van der Waals surface area contributed by atoms with Crippen LogP contribution in [-0.2, 0) is 4.74 Å². The largest absolute Gasteiger partial charge is 0.464 e. The summed E-state index contributed by atoms with van der Waals surface area (Å²) in [6, 6.07) is 0.308. The van der Waals surface area contributed by atoms with E-state index in [2.05, 4.69) is 34.0 Å². The van der Waals surface area contributed by atoms with E-state index in [0.717, 1.165) is 5.69 Å². The molecule has 6 nitrogen and oxygen atoms in total. The number of nitrogens with one attached hydrogen (secondary N) is 1. The molecule has 0 aliphatic rings. The number of hydrogen-bond acceptors (Lipinski definition) is 6. The number of hydrogen-bond donors (Lipinski definition) is 1. The molecule has 18 heavy (non-hydrogen) atoms. The number of anilines is 2. The molecule has 0 aliphatic heterocycles. The van der Waals surface area contributed by atoms with Gasteiger partial charge in [-0.2, -0.15) is 5.10 Å². The molecule has 0 saturated heterocycles. The highest BCUT2D eigenvalue weighted by Gasteiger charge is 2.11. The van der Waals surface area contributed by atoms with Gasteiger partial charge in [-0.15, -0.1) is 11.3 Å². The number of methoxy groups -OCH3 is 1. The second kappa shape index (κ2) is 5.18. The molecule has 0 aromatic carbocycles. The average Bonchev–Trinajstić information content (AvgIpc) is 2.98. The molecule has 0 fully saturated rings. The van der Waals surface area contributed by atoms with E-state index in [9.17, 15) is 4.79 Å². The van der Waals surface area contributed by atoms with E-state index in [1.165, 1.54) is 18.4 Å². The Bertz CT molecular complexity index is 547. The molecular weight excluding hydrogens is 252 g/mol. The molecular formula is C11H14N4O2S.